The van der Waals surface area contributed by atoms with Gasteiger partial charge in [0, 0.05) is 30.3 Å². The van der Waals surface area contributed by atoms with Crippen molar-refractivity contribution in [3.8, 4) is 51.4 Å². The lowest BCUT2D eigenvalue weighted by Gasteiger charge is -2.54. The highest BCUT2D eigenvalue weighted by molar-refractivity contribution is 7.90. The van der Waals surface area contributed by atoms with E-state index in [0.29, 0.717) is 18.4 Å². The molecular formula is C80H91Cl2N11O23S. The molecule has 17 rings (SSSR count). The Morgan fingerprint density at radius 2 is 1.27 bits per heavy atom. The van der Waals surface area contributed by atoms with Crippen LogP contribution in [-0.4, -0.2) is 203 Å². The van der Waals surface area contributed by atoms with Gasteiger partial charge in [-0.05, 0) is 207 Å². The Balaban J connectivity index is 0.950. The molecule has 1 saturated heterocycles. The number of nitrogens with two attached hydrogens (primary N) is 1. The summed E-state index contributed by atoms with van der Waals surface area (Å²) in [5, 5.41) is 116. The van der Waals surface area contributed by atoms with E-state index < -0.39 is 200 Å². The van der Waals surface area contributed by atoms with Gasteiger partial charge < -0.3 is 118 Å². The third-order valence-electron chi connectivity index (χ3n) is 23.0. The second-order valence-electron chi connectivity index (χ2n) is 31.8. The van der Waals surface area contributed by atoms with Crippen molar-refractivity contribution >= 4 is 80.5 Å². The minimum atomic E-state index is -4.89. The molecule has 117 heavy (non-hydrogen) atoms. The zero-order chi connectivity index (χ0) is 83.7. The van der Waals surface area contributed by atoms with Gasteiger partial charge in [0.1, 0.15) is 102 Å². The molecule has 6 aliphatic heterocycles. The van der Waals surface area contributed by atoms with Crippen molar-refractivity contribution in [3.63, 3.8) is 0 Å². The van der Waals surface area contributed by atoms with E-state index in [2.05, 4.69) is 42.5 Å². The molecule has 11 aliphatic rings. The largest absolute Gasteiger partial charge is 0.508 e. The molecule has 8 amide bonds. The Kier molecular flexibility index (Phi) is 24.0. The normalized spacial score (nSPS) is 28.6. The monoisotopic (exact) mass is 1680 g/mol. The fourth-order valence-corrected chi connectivity index (χ4v) is 18.7. The Morgan fingerprint density at radius 3 is 1.88 bits per heavy atom. The fourth-order valence-electron chi connectivity index (χ4n) is 17.3. The summed E-state index contributed by atoms with van der Waals surface area (Å²) < 4.78 is 61.7. The quantitative estimate of drug-likeness (QED) is 0.0545. The number of phenols is 1. The number of carbonyl (C=O) groups excluding carboxylic acids is 8. The van der Waals surface area contributed by atoms with Crippen LogP contribution < -0.4 is 71.9 Å². The lowest BCUT2D eigenvalue weighted by atomic mass is 9.54. The van der Waals surface area contributed by atoms with Crippen molar-refractivity contribution in [2.75, 3.05) is 40.8 Å². The Morgan fingerprint density at radius 1 is 0.667 bits per heavy atom. The fraction of sp³-hybridized carbons (Fsp3) is 0.450. The zero-order valence-electron chi connectivity index (χ0n) is 63.8. The molecule has 15 bridgehead atoms. The van der Waals surface area contributed by atoms with E-state index in [9.17, 15) is 58.9 Å². The molecule has 37 heteroatoms. The van der Waals surface area contributed by atoms with E-state index in [0.717, 1.165) is 80.6 Å². The smallest absolute Gasteiger partial charge is 0.264 e. The van der Waals surface area contributed by atoms with Gasteiger partial charge in [0.05, 0.1) is 27.4 Å². The molecule has 4 saturated carbocycles. The average molecular weight is 1680 g/mol. The van der Waals surface area contributed by atoms with Gasteiger partial charge in [-0.3, -0.25) is 38.4 Å². The molecular weight excluding hydrogens is 1590 g/mol. The van der Waals surface area contributed by atoms with E-state index >= 15 is 28.8 Å². The minimum Gasteiger partial charge on any atom is -0.508 e. The number of aliphatic hydroxyl groups excluding tert-OH is 5. The first kappa shape index (κ1) is 83.7. The first-order chi connectivity index (χ1) is 55.6. The molecule has 0 aromatic heterocycles. The number of hydrogen-bond donors (Lipinski definition) is 18. The van der Waals surface area contributed by atoms with Crippen LogP contribution in [0.1, 0.15) is 128 Å². The molecule has 14 unspecified atom stereocenters. The van der Waals surface area contributed by atoms with Gasteiger partial charge in [-0.2, -0.15) is 0 Å². The lowest BCUT2D eigenvalue weighted by Crippen LogP contribution is -2.60. The molecule has 0 spiro atoms. The van der Waals surface area contributed by atoms with Crippen LogP contribution in [0.15, 0.2) is 108 Å². The standard InChI is InChI=1S/C80H91Cl2N11O23S/c1-33(2)18-51(84-3)72(101)90-64-66(96)37-7-14-53(49(81)25-37)113-55-27-41-28-56(71(55)116-79-70(100)69(99)68(98)57(32-83)115-79)114-54-15-8-38(26-50(54)82)67(97)65-78(107)89-63(76(105)86-60-39-20-34-19-35(22-39)23-40(60)21-34)46-29-42(94)30-48-59(46)45-24-36(6-13-47(45)80(48,108)109)61(74(103)91-65)88-75(104)62(41)87-73(102)52(85-77(64)106)31-58(95)92-117(110,111)44-11-9-43(10-12-44)112-17-16-93(4)5/h6-15,24-30,33-35,39-40,51-52,57,60-70,79,84,94,96-100,108-109H,16-23,31-32,83H2,1-5H3,(H,85,106)(H,86,105)(H,87,102)(H,88,104)(H,89,107)(H,90,101)(H,91,103)(H,92,95). The number of nitrogens with zero attached hydrogens (tertiary/aromatic N) is 1. The van der Waals surface area contributed by atoms with Gasteiger partial charge >= 0.3 is 0 Å². The number of sulfonamides is 1. The molecule has 6 aromatic rings. The van der Waals surface area contributed by atoms with E-state index in [-0.39, 0.29) is 104 Å². The number of ether oxygens (including phenoxy) is 5. The summed E-state index contributed by atoms with van der Waals surface area (Å²) in [7, 11) is 0.202. The van der Waals surface area contributed by atoms with Gasteiger partial charge in [0.15, 0.2) is 11.5 Å². The number of benzene rings is 6. The Labute approximate surface area is 680 Å². The summed E-state index contributed by atoms with van der Waals surface area (Å²) in [6, 6.07) is 5.17. The molecule has 34 nitrogen and oxygen atoms in total. The predicted octanol–water partition coefficient (Wildman–Crippen LogP) is 1.74. The summed E-state index contributed by atoms with van der Waals surface area (Å²) in [4.78, 5) is 126. The summed E-state index contributed by atoms with van der Waals surface area (Å²) in [5.74, 6) is -15.1. The van der Waals surface area contributed by atoms with Crippen molar-refractivity contribution in [1.82, 2.24) is 52.2 Å². The second-order valence-corrected chi connectivity index (χ2v) is 34.3. The van der Waals surface area contributed by atoms with Crippen LogP contribution in [0.4, 0.5) is 0 Å². The van der Waals surface area contributed by atoms with E-state index in [1.807, 2.05) is 37.6 Å². The molecule has 624 valence electrons. The molecule has 6 heterocycles. The highest BCUT2D eigenvalue weighted by Crippen LogP contribution is 2.56. The average Bonchev–Trinajstić information content (AvgIpc) is 1.56. The van der Waals surface area contributed by atoms with Crippen molar-refractivity contribution < 1.29 is 111 Å². The minimum absolute atomic E-state index is 0.0728. The zero-order valence-corrected chi connectivity index (χ0v) is 66.2. The third-order valence-corrected chi connectivity index (χ3v) is 24.9. The first-order valence-electron chi connectivity index (χ1n) is 38.3. The lowest BCUT2D eigenvalue weighted by molar-refractivity contribution is -0.270. The number of halogens is 2. The SMILES string of the molecule is CNC(CC(C)C)C(=O)NC1C(=O)NC(CC(=O)NS(=O)(=O)c2ccc(OCCN(C)C)cc2)C(=O)NC2C(=O)NC3C(=O)NC(C(=O)NC(C(=O)NC4C5CC6CC(C5)CC4C6)c4cc(O)cc5c4-c4cc3ccc4C5(O)O)C(O)c3ccc(c(Cl)c3)Oc3cc2cc(c3OC2OC(CN)C(O)C(O)C2O)Oc2ccc(cc2Cl)C1O. The summed E-state index contributed by atoms with van der Waals surface area (Å²) in [6.07, 6.45) is -10.5. The summed E-state index contributed by atoms with van der Waals surface area (Å²) >= 11 is 14.3. The number of fused-ring (bicyclic) bond motifs is 12. The van der Waals surface area contributed by atoms with Crippen molar-refractivity contribution in [3.05, 3.63) is 152 Å². The Hall–Kier alpha value is -9.83. The van der Waals surface area contributed by atoms with Crippen LogP contribution in [0.2, 0.25) is 10.0 Å². The van der Waals surface area contributed by atoms with Crippen LogP contribution >= 0.6 is 23.2 Å². The van der Waals surface area contributed by atoms with Crippen LogP contribution in [0.3, 0.4) is 0 Å². The van der Waals surface area contributed by atoms with Gasteiger partial charge in [-0.15, -0.1) is 0 Å². The van der Waals surface area contributed by atoms with Crippen LogP contribution in [0, 0.1) is 29.6 Å². The predicted molar refractivity (Wildman–Crippen MR) is 415 cm³/mol. The van der Waals surface area contributed by atoms with E-state index in [1.54, 1.807) is 0 Å². The molecule has 0 radical (unpaired) electrons. The Bertz CT molecular complexity index is 5010. The summed E-state index contributed by atoms with van der Waals surface area (Å²) in [5.41, 5.74) is 3.76. The highest BCUT2D eigenvalue weighted by Gasteiger charge is 2.52. The number of carbonyl (C=O) groups is 8. The van der Waals surface area contributed by atoms with Crippen LogP contribution in [0.25, 0.3) is 11.1 Å². The van der Waals surface area contributed by atoms with Crippen molar-refractivity contribution in [2.45, 2.75) is 161 Å². The van der Waals surface area contributed by atoms with Gasteiger partial charge in [0.2, 0.25) is 65.1 Å². The van der Waals surface area contributed by atoms with Gasteiger partial charge in [0.25, 0.3) is 10.0 Å². The van der Waals surface area contributed by atoms with E-state index in [4.69, 9.17) is 52.6 Å². The maximum Gasteiger partial charge on any atom is 0.264 e. The van der Waals surface area contributed by atoms with Crippen molar-refractivity contribution in [1.29, 1.82) is 0 Å². The van der Waals surface area contributed by atoms with Crippen LogP contribution in [0.5, 0.6) is 40.2 Å². The highest BCUT2D eigenvalue weighted by atomic mass is 35.5. The maximum atomic E-state index is 16.5. The van der Waals surface area contributed by atoms with Crippen molar-refractivity contribution in [2.24, 2.45) is 35.3 Å². The second kappa shape index (κ2) is 33.5. The topological polar surface area (TPSA) is 516 Å². The number of amides is 8. The molecule has 19 N–H and O–H groups in total. The number of hydrogen-bond acceptors (Lipinski definition) is 26. The number of likely N-dealkylation sites (N-methyl/N-ethyl adjacent to an activating group) is 2. The number of nitrogens with one attached hydrogen (secondary N) is 9. The maximum absolute atomic E-state index is 16.5. The van der Waals surface area contributed by atoms with Gasteiger partial charge in [-0.1, -0.05) is 61.3 Å². The van der Waals surface area contributed by atoms with E-state index in [1.165, 1.54) is 61.6 Å². The van der Waals surface area contributed by atoms with Crippen LogP contribution in [-0.2, 0) is 58.9 Å². The molecule has 6 aromatic carbocycles. The third kappa shape index (κ3) is 17.0. The molecule has 14 atom stereocenters. The number of aliphatic hydroxyl groups is 7. The first-order valence-corrected chi connectivity index (χ1v) is 40.6. The summed E-state index contributed by atoms with van der Waals surface area (Å²) in [6.45, 7) is 3.86. The number of aromatic hydroxyl groups is 1. The number of phenolic OH excluding ortho intramolecular Hbond substituents is 1. The molecule has 5 aliphatic carbocycles. The number of rotatable bonds is 18. The van der Waals surface area contributed by atoms with Gasteiger partial charge in [-0.25, -0.2) is 13.1 Å². The molecule has 5 fully saturated rings.